The van der Waals surface area contributed by atoms with E-state index in [0.717, 1.165) is 35.5 Å². The number of rotatable bonds is 1. The van der Waals surface area contributed by atoms with Crippen LogP contribution in [0.1, 0.15) is 28.2 Å². The van der Waals surface area contributed by atoms with Gasteiger partial charge in [0, 0.05) is 24.1 Å². The number of benzene rings is 1. The Morgan fingerprint density at radius 3 is 2.90 bits per heavy atom. The number of hydrogen-bond donors (Lipinski definition) is 1. The van der Waals surface area contributed by atoms with Gasteiger partial charge >= 0.3 is 0 Å². The van der Waals surface area contributed by atoms with Gasteiger partial charge in [0.25, 0.3) is 5.91 Å². The summed E-state index contributed by atoms with van der Waals surface area (Å²) in [5.41, 5.74) is 9.84. The van der Waals surface area contributed by atoms with Gasteiger partial charge in [-0.15, -0.1) is 0 Å². The van der Waals surface area contributed by atoms with Crippen LogP contribution in [0.2, 0.25) is 0 Å². The highest BCUT2D eigenvalue weighted by atomic mass is 16.2. The second-order valence-corrected chi connectivity index (χ2v) is 4.95. The van der Waals surface area contributed by atoms with Crippen LogP contribution in [-0.2, 0) is 6.42 Å². The summed E-state index contributed by atoms with van der Waals surface area (Å²) in [7, 11) is 0. The number of aromatic nitrogens is 2. The number of fused-ring (bicyclic) bond motifs is 1. The van der Waals surface area contributed by atoms with E-state index in [1.54, 1.807) is 11.1 Å². The number of amides is 1. The Hall–Kier alpha value is -2.43. The average molecular weight is 268 g/mol. The van der Waals surface area contributed by atoms with Gasteiger partial charge in [0.1, 0.15) is 5.69 Å². The summed E-state index contributed by atoms with van der Waals surface area (Å²) in [6.07, 6.45) is 4.95. The Kier molecular flexibility index (Phi) is 3.10. The number of nitrogens with two attached hydrogens (primary N) is 1. The molecule has 0 saturated carbocycles. The van der Waals surface area contributed by atoms with Crippen molar-refractivity contribution >= 4 is 17.3 Å². The van der Waals surface area contributed by atoms with E-state index in [-0.39, 0.29) is 5.91 Å². The van der Waals surface area contributed by atoms with E-state index in [1.807, 2.05) is 25.1 Å². The highest BCUT2D eigenvalue weighted by Gasteiger charge is 2.25. The fraction of sp³-hybridized carbons (Fsp3) is 0.267. The van der Waals surface area contributed by atoms with Crippen molar-refractivity contribution < 1.29 is 4.79 Å². The minimum Gasteiger partial charge on any atom is -0.398 e. The number of nitrogen functional groups attached to an aromatic ring is 1. The molecule has 1 aromatic heterocycles. The molecule has 3 rings (SSSR count). The fourth-order valence-electron chi connectivity index (χ4n) is 2.50. The normalized spacial score (nSPS) is 13.9. The van der Waals surface area contributed by atoms with Gasteiger partial charge in [-0.3, -0.25) is 9.78 Å². The van der Waals surface area contributed by atoms with E-state index in [2.05, 4.69) is 9.97 Å². The first kappa shape index (κ1) is 12.6. The van der Waals surface area contributed by atoms with Crippen molar-refractivity contribution in [3.05, 3.63) is 47.5 Å². The molecule has 0 saturated heterocycles. The van der Waals surface area contributed by atoms with Crippen LogP contribution >= 0.6 is 0 Å². The summed E-state index contributed by atoms with van der Waals surface area (Å²) in [6.45, 7) is 2.53. The predicted molar refractivity (Wildman–Crippen MR) is 77.6 cm³/mol. The monoisotopic (exact) mass is 268 g/mol. The third-order valence-corrected chi connectivity index (χ3v) is 3.53. The molecule has 0 spiro atoms. The van der Waals surface area contributed by atoms with Crippen LogP contribution in [0.4, 0.5) is 11.4 Å². The number of carbonyl (C=O) groups excluding carboxylic acids is 1. The maximum absolute atomic E-state index is 12.6. The lowest BCUT2D eigenvalue weighted by Crippen LogP contribution is -2.36. The summed E-state index contributed by atoms with van der Waals surface area (Å²) < 4.78 is 0. The minimum atomic E-state index is -0.121. The molecule has 0 bridgehead atoms. The van der Waals surface area contributed by atoms with E-state index < -0.39 is 0 Å². The number of anilines is 2. The summed E-state index contributed by atoms with van der Waals surface area (Å²) >= 11 is 0. The summed E-state index contributed by atoms with van der Waals surface area (Å²) in [5.74, 6) is -0.121. The van der Waals surface area contributed by atoms with E-state index in [4.69, 9.17) is 5.73 Å². The lowest BCUT2D eigenvalue weighted by atomic mass is 9.99. The van der Waals surface area contributed by atoms with Crippen molar-refractivity contribution in [2.24, 2.45) is 0 Å². The summed E-state index contributed by atoms with van der Waals surface area (Å²) in [4.78, 5) is 22.6. The second kappa shape index (κ2) is 4.92. The molecule has 102 valence electrons. The molecule has 5 heteroatoms. The van der Waals surface area contributed by atoms with Crippen LogP contribution in [-0.4, -0.2) is 22.4 Å². The molecule has 0 radical (unpaired) electrons. The quantitative estimate of drug-likeness (QED) is 0.802. The molecular weight excluding hydrogens is 252 g/mol. The first-order valence-corrected chi connectivity index (χ1v) is 6.64. The zero-order chi connectivity index (χ0) is 14.1. The van der Waals surface area contributed by atoms with Crippen LogP contribution in [0.25, 0.3) is 0 Å². The third kappa shape index (κ3) is 2.11. The Morgan fingerprint density at radius 2 is 2.15 bits per heavy atom. The summed E-state index contributed by atoms with van der Waals surface area (Å²) in [6, 6.07) is 5.68. The van der Waals surface area contributed by atoms with Crippen molar-refractivity contribution in [3.8, 4) is 0 Å². The number of carbonyl (C=O) groups is 1. The highest BCUT2D eigenvalue weighted by molar-refractivity contribution is 6.05. The van der Waals surface area contributed by atoms with Crippen LogP contribution in [0, 0.1) is 6.92 Å². The lowest BCUT2D eigenvalue weighted by Gasteiger charge is -2.29. The first-order chi connectivity index (χ1) is 9.66. The summed E-state index contributed by atoms with van der Waals surface area (Å²) in [5, 5.41) is 0. The molecule has 1 aliphatic heterocycles. The molecule has 1 amide bonds. The van der Waals surface area contributed by atoms with E-state index >= 15 is 0 Å². The third-order valence-electron chi connectivity index (χ3n) is 3.53. The van der Waals surface area contributed by atoms with Gasteiger partial charge in [-0.2, -0.15) is 0 Å². The predicted octanol–water partition coefficient (Wildman–Crippen LogP) is 1.96. The topological polar surface area (TPSA) is 72.1 Å². The largest absolute Gasteiger partial charge is 0.398 e. The van der Waals surface area contributed by atoms with Crippen molar-refractivity contribution in [3.63, 3.8) is 0 Å². The first-order valence-electron chi connectivity index (χ1n) is 6.64. The molecule has 2 N–H and O–H groups in total. The van der Waals surface area contributed by atoms with Crippen molar-refractivity contribution in [2.45, 2.75) is 19.8 Å². The maximum Gasteiger partial charge on any atom is 0.278 e. The van der Waals surface area contributed by atoms with Crippen LogP contribution in [0.3, 0.4) is 0 Å². The molecule has 1 aliphatic rings. The van der Waals surface area contributed by atoms with Crippen LogP contribution < -0.4 is 10.6 Å². The number of hydrogen-bond acceptors (Lipinski definition) is 4. The van der Waals surface area contributed by atoms with Crippen molar-refractivity contribution in [1.29, 1.82) is 0 Å². The Balaban J connectivity index is 1.98. The van der Waals surface area contributed by atoms with E-state index in [1.165, 1.54) is 6.20 Å². The van der Waals surface area contributed by atoms with Gasteiger partial charge in [0.05, 0.1) is 11.9 Å². The number of nitrogens with zero attached hydrogens (tertiary/aromatic N) is 3. The van der Waals surface area contributed by atoms with Gasteiger partial charge in [0.2, 0.25) is 0 Å². The molecule has 1 aromatic carbocycles. The molecule has 0 unspecified atom stereocenters. The zero-order valence-electron chi connectivity index (χ0n) is 11.3. The molecule has 0 aliphatic carbocycles. The average Bonchev–Trinajstić information content (AvgIpc) is 2.47. The van der Waals surface area contributed by atoms with Gasteiger partial charge in [0.15, 0.2) is 0 Å². The molecule has 2 heterocycles. The standard InChI is InChI=1S/C15H16N4O/c1-10-8-18-13(9-17-10)15(20)19-7-3-4-11-12(16)5-2-6-14(11)19/h2,5-6,8-9H,3-4,7,16H2,1H3. The van der Waals surface area contributed by atoms with E-state index in [9.17, 15) is 4.79 Å². The molecule has 5 nitrogen and oxygen atoms in total. The molecule has 0 fully saturated rings. The highest BCUT2D eigenvalue weighted by Crippen LogP contribution is 2.31. The second-order valence-electron chi connectivity index (χ2n) is 4.95. The van der Waals surface area contributed by atoms with E-state index in [0.29, 0.717) is 12.2 Å². The van der Waals surface area contributed by atoms with Gasteiger partial charge in [-0.1, -0.05) is 6.07 Å². The maximum atomic E-state index is 12.6. The van der Waals surface area contributed by atoms with Crippen LogP contribution in [0.5, 0.6) is 0 Å². The molecule has 20 heavy (non-hydrogen) atoms. The Bertz CT molecular complexity index is 651. The van der Waals surface area contributed by atoms with Crippen molar-refractivity contribution in [1.82, 2.24) is 9.97 Å². The lowest BCUT2D eigenvalue weighted by molar-refractivity contribution is 0.0980. The zero-order valence-corrected chi connectivity index (χ0v) is 11.3. The van der Waals surface area contributed by atoms with Crippen LogP contribution in [0.15, 0.2) is 30.6 Å². The van der Waals surface area contributed by atoms with Gasteiger partial charge in [-0.05, 0) is 37.5 Å². The van der Waals surface area contributed by atoms with Crippen molar-refractivity contribution in [2.75, 3.05) is 17.2 Å². The Labute approximate surface area is 117 Å². The number of aryl methyl sites for hydroxylation is 1. The molecule has 0 atom stereocenters. The van der Waals surface area contributed by atoms with Gasteiger partial charge in [-0.25, -0.2) is 4.98 Å². The smallest absolute Gasteiger partial charge is 0.278 e. The Morgan fingerprint density at radius 1 is 1.30 bits per heavy atom. The molecule has 2 aromatic rings. The van der Waals surface area contributed by atoms with Gasteiger partial charge < -0.3 is 10.6 Å². The minimum absolute atomic E-state index is 0.121. The fourth-order valence-corrected chi connectivity index (χ4v) is 2.50. The molecular formula is C15H16N4O. The SMILES string of the molecule is Cc1cnc(C(=O)N2CCCc3c(N)cccc32)cn1.